The van der Waals surface area contributed by atoms with E-state index >= 15 is 0 Å². The number of anilines is 1. The molecule has 2 rings (SSSR count). The van der Waals surface area contributed by atoms with Crippen molar-refractivity contribution in [1.29, 1.82) is 0 Å². The van der Waals surface area contributed by atoms with Crippen molar-refractivity contribution in [3.63, 3.8) is 0 Å². The first-order chi connectivity index (χ1) is 8.65. The molecule has 1 aliphatic heterocycles. The van der Waals surface area contributed by atoms with Crippen molar-refractivity contribution in [2.24, 2.45) is 5.92 Å². The lowest BCUT2D eigenvalue weighted by Gasteiger charge is -2.36. The first-order valence-electron chi connectivity index (χ1n) is 7.14. The Balaban J connectivity index is 2.26. The van der Waals surface area contributed by atoms with Crippen molar-refractivity contribution >= 4 is 5.95 Å². The molecule has 0 aromatic carbocycles. The van der Waals surface area contributed by atoms with Gasteiger partial charge in [0.1, 0.15) is 0 Å². The van der Waals surface area contributed by atoms with Crippen LogP contribution in [0.3, 0.4) is 0 Å². The maximum Gasteiger partial charge on any atom is 0.245 e. The smallest absolute Gasteiger partial charge is 0.245 e. The highest BCUT2D eigenvalue weighted by atomic mass is 15.3. The summed E-state index contributed by atoms with van der Waals surface area (Å²) in [5.74, 6) is 1.55. The van der Waals surface area contributed by atoms with Gasteiger partial charge < -0.3 is 4.90 Å². The quantitative estimate of drug-likeness (QED) is 0.824. The molecule has 0 bridgehead atoms. The summed E-state index contributed by atoms with van der Waals surface area (Å²) in [7, 11) is 0. The Kier molecular flexibility index (Phi) is 4.15. The van der Waals surface area contributed by atoms with E-state index in [9.17, 15) is 0 Å². The van der Waals surface area contributed by atoms with E-state index in [1.807, 2.05) is 0 Å². The summed E-state index contributed by atoms with van der Waals surface area (Å²) < 4.78 is 0. The molecule has 4 nitrogen and oxygen atoms in total. The molecule has 4 heteroatoms. The minimum Gasteiger partial charge on any atom is -0.337 e. The van der Waals surface area contributed by atoms with Gasteiger partial charge in [0.05, 0.1) is 11.4 Å². The molecule has 0 aliphatic carbocycles. The van der Waals surface area contributed by atoms with E-state index in [0.29, 0.717) is 6.04 Å². The lowest BCUT2D eigenvalue weighted by Crippen LogP contribution is -2.42. The van der Waals surface area contributed by atoms with E-state index in [2.05, 4.69) is 42.8 Å². The molecule has 0 radical (unpaired) electrons. The van der Waals surface area contributed by atoms with Gasteiger partial charge >= 0.3 is 0 Å². The summed E-state index contributed by atoms with van der Waals surface area (Å²) in [6.07, 6.45) is 4.37. The van der Waals surface area contributed by atoms with E-state index in [0.717, 1.165) is 42.6 Å². The number of hydrogen-bond donors (Lipinski definition) is 0. The fraction of sp³-hybridized carbons (Fsp3) is 0.786. The third kappa shape index (κ3) is 2.62. The summed E-state index contributed by atoms with van der Waals surface area (Å²) in [5, 5.41) is 8.68. The predicted octanol–water partition coefficient (Wildman–Crippen LogP) is 2.62. The standard InChI is InChI=1S/C14H24N4/c1-5-12-13(6-2)16-17-14(15-12)18-9-10(3)7-8-11(18)4/h10-11H,5-9H2,1-4H3. The van der Waals surface area contributed by atoms with E-state index < -0.39 is 0 Å². The summed E-state index contributed by atoms with van der Waals surface area (Å²) in [4.78, 5) is 7.04. The van der Waals surface area contributed by atoms with Gasteiger partial charge in [-0.3, -0.25) is 0 Å². The molecular formula is C14H24N4. The third-order valence-electron chi connectivity index (χ3n) is 3.87. The fourth-order valence-electron chi connectivity index (χ4n) is 2.62. The lowest BCUT2D eigenvalue weighted by molar-refractivity contribution is 0.384. The third-order valence-corrected chi connectivity index (χ3v) is 3.87. The average molecular weight is 248 g/mol. The van der Waals surface area contributed by atoms with Crippen molar-refractivity contribution in [2.45, 2.75) is 59.4 Å². The Morgan fingerprint density at radius 1 is 1.06 bits per heavy atom. The number of aromatic nitrogens is 3. The highest BCUT2D eigenvalue weighted by Gasteiger charge is 2.25. The van der Waals surface area contributed by atoms with Crippen LogP contribution in [0.5, 0.6) is 0 Å². The molecule has 0 saturated carbocycles. The second-order valence-electron chi connectivity index (χ2n) is 5.40. The van der Waals surface area contributed by atoms with Gasteiger partial charge in [-0.15, -0.1) is 5.10 Å². The SMILES string of the molecule is CCc1nnc(N2CC(C)CCC2C)nc1CC. The van der Waals surface area contributed by atoms with Crippen LogP contribution in [-0.4, -0.2) is 27.8 Å². The molecule has 1 aromatic heterocycles. The Hall–Kier alpha value is -1.19. The molecule has 1 aliphatic rings. The number of rotatable bonds is 3. The van der Waals surface area contributed by atoms with Crippen LogP contribution in [0.1, 0.15) is 51.9 Å². The van der Waals surface area contributed by atoms with Crippen LogP contribution in [0, 0.1) is 5.92 Å². The molecule has 2 atom stereocenters. The van der Waals surface area contributed by atoms with Crippen LogP contribution in [0.4, 0.5) is 5.95 Å². The zero-order valence-electron chi connectivity index (χ0n) is 12.0. The number of nitrogens with zero attached hydrogens (tertiary/aromatic N) is 4. The fourth-order valence-corrected chi connectivity index (χ4v) is 2.62. The first kappa shape index (κ1) is 13.2. The number of piperidine rings is 1. The minimum absolute atomic E-state index is 0.528. The normalized spacial score (nSPS) is 24.3. The zero-order chi connectivity index (χ0) is 13.1. The average Bonchev–Trinajstić information content (AvgIpc) is 2.40. The maximum atomic E-state index is 4.72. The second-order valence-corrected chi connectivity index (χ2v) is 5.40. The minimum atomic E-state index is 0.528. The Morgan fingerprint density at radius 3 is 2.44 bits per heavy atom. The zero-order valence-corrected chi connectivity index (χ0v) is 12.0. The molecule has 100 valence electrons. The van der Waals surface area contributed by atoms with Crippen LogP contribution in [0.15, 0.2) is 0 Å². The molecule has 2 unspecified atom stereocenters. The van der Waals surface area contributed by atoms with Crippen LogP contribution in [0.25, 0.3) is 0 Å². The molecule has 1 aromatic rings. The van der Waals surface area contributed by atoms with Gasteiger partial charge in [-0.1, -0.05) is 20.8 Å². The summed E-state index contributed by atoms with van der Waals surface area (Å²) in [6.45, 7) is 9.85. The van der Waals surface area contributed by atoms with Crippen LogP contribution >= 0.6 is 0 Å². The van der Waals surface area contributed by atoms with Gasteiger partial charge in [-0.25, -0.2) is 4.98 Å². The van der Waals surface area contributed by atoms with Crippen molar-refractivity contribution in [1.82, 2.24) is 15.2 Å². The predicted molar refractivity (Wildman–Crippen MR) is 73.8 cm³/mol. The largest absolute Gasteiger partial charge is 0.337 e. The van der Waals surface area contributed by atoms with Gasteiger partial charge in [0.2, 0.25) is 5.95 Å². The summed E-state index contributed by atoms with van der Waals surface area (Å²) in [6, 6.07) is 0.528. The molecular weight excluding hydrogens is 224 g/mol. The Morgan fingerprint density at radius 2 is 1.78 bits per heavy atom. The molecule has 1 saturated heterocycles. The van der Waals surface area contributed by atoms with Gasteiger partial charge in [-0.2, -0.15) is 5.10 Å². The van der Waals surface area contributed by atoms with Crippen LogP contribution < -0.4 is 4.90 Å². The van der Waals surface area contributed by atoms with Crippen LogP contribution in [0.2, 0.25) is 0 Å². The molecule has 0 N–H and O–H groups in total. The summed E-state index contributed by atoms with van der Waals surface area (Å²) in [5.41, 5.74) is 2.15. The molecule has 18 heavy (non-hydrogen) atoms. The second kappa shape index (κ2) is 5.63. The Labute approximate surface area is 110 Å². The van der Waals surface area contributed by atoms with Crippen LogP contribution in [-0.2, 0) is 12.8 Å². The van der Waals surface area contributed by atoms with Gasteiger partial charge in [0.15, 0.2) is 0 Å². The number of hydrogen-bond acceptors (Lipinski definition) is 4. The first-order valence-corrected chi connectivity index (χ1v) is 7.14. The molecule has 0 spiro atoms. The van der Waals surface area contributed by atoms with Crippen molar-refractivity contribution in [2.75, 3.05) is 11.4 Å². The monoisotopic (exact) mass is 248 g/mol. The summed E-state index contributed by atoms with van der Waals surface area (Å²) >= 11 is 0. The van der Waals surface area contributed by atoms with E-state index in [-0.39, 0.29) is 0 Å². The highest BCUT2D eigenvalue weighted by Crippen LogP contribution is 2.25. The Bertz CT molecular complexity index is 405. The molecule has 0 amide bonds. The highest BCUT2D eigenvalue weighted by molar-refractivity contribution is 5.32. The lowest BCUT2D eigenvalue weighted by atomic mass is 9.95. The van der Waals surface area contributed by atoms with Gasteiger partial charge in [0.25, 0.3) is 0 Å². The number of aryl methyl sites for hydroxylation is 2. The van der Waals surface area contributed by atoms with Gasteiger partial charge in [-0.05, 0) is 38.5 Å². The van der Waals surface area contributed by atoms with Crippen molar-refractivity contribution < 1.29 is 0 Å². The van der Waals surface area contributed by atoms with Crippen molar-refractivity contribution in [3.05, 3.63) is 11.4 Å². The van der Waals surface area contributed by atoms with E-state index in [4.69, 9.17) is 4.98 Å². The topological polar surface area (TPSA) is 41.9 Å². The van der Waals surface area contributed by atoms with Gasteiger partial charge in [0, 0.05) is 12.6 Å². The molecule has 2 heterocycles. The molecule has 1 fully saturated rings. The van der Waals surface area contributed by atoms with Crippen molar-refractivity contribution in [3.8, 4) is 0 Å². The maximum absolute atomic E-state index is 4.72. The van der Waals surface area contributed by atoms with E-state index in [1.54, 1.807) is 0 Å². The van der Waals surface area contributed by atoms with E-state index in [1.165, 1.54) is 12.8 Å².